The van der Waals surface area contributed by atoms with E-state index in [4.69, 9.17) is 5.73 Å². The smallest absolute Gasteiger partial charge is 0.240 e. The monoisotopic (exact) mass is 348 g/mol. The molecule has 0 amide bonds. The van der Waals surface area contributed by atoms with Crippen LogP contribution in [0.5, 0.6) is 0 Å². The molecule has 2 N–H and O–H groups in total. The molecule has 0 unspecified atom stereocenters. The molecule has 6 nitrogen and oxygen atoms in total. The molecule has 0 spiro atoms. The second-order valence-electron chi connectivity index (χ2n) is 3.78. The van der Waals surface area contributed by atoms with Crippen LogP contribution >= 0.6 is 27.7 Å². The van der Waals surface area contributed by atoms with E-state index in [1.54, 1.807) is 23.3 Å². The van der Waals surface area contributed by atoms with E-state index in [9.17, 15) is 0 Å². The minimum Gasteiger partial charge on any atom is -0.368 e. The molecule has 0 aliphatic heterocycles. The molecule has 0 saturated heterocycles. The highest BCUT2D eigenvalue weighted by Gasteiger charge is 2.09. The summed E-state index contributed by atoms with van der Waals surface area (Å²) in [5.41, 5.74) is 5.74. The molecule has 0 aliphatic carbocycles. The number of benzene rings is 1. The van der Waals surface area contributed by atoms with E-state index in [0.29, 0.717) is 11.1 Å². The normalized spacial score (nSPS) is 10.7. The first-order chi connectivity index (χ1) is 9.72. The van der Waals surface area contributed by atoms with Crippen LogP contribution in [0.4, 0.5) is 5.95 Å². The fourth-order valence-electron chi connectivity index (χ4n) is 1.53. The maximum absolute atomic E-state index is 5.74. The highest BCUT2D eigenvalue weighted by molar-refractivity contribution is 9.10. The Balaban J connectivity index is 1.97. The van der Waals surface area contributed by atoms with Gasteiger partial charge in [0.1, 0.15) is 6.33 Å². The SMILES string of the molecule is Nc1nc(Sc2ccccc2Br)nc(-n2ccnc2)n1. The molecule has 0 radical (unpaired) electrons. The van der Waals surface area contributed by atoms with Gasteiger partial charge in [-0.3, -0.25) is 4.57 Å². The minimum atomic E-state index is 0.179. The molecule has 20 heavy (non-hydrogen) atoms. The lowest BCUT2D eigenvalue weighted by Gasteiger charge is -2.05. The van der Waals surface area contributed by atoms with Crippen molar-refractivity contribution in [3.63, 3.8) is 0 Å². The van der Waals surface area contributed by atoms with Crippen LogP contribution < -0.4 is 5.73 Å². The molecule has 0 atom stereocenters. The summed E-state index contributed by atoms with van der Waals surface area (Å²) < 4.78 is 2.66. The van der Waals surface area contributed by atoms with Crippen molar-refractivity contribution in [2.24, 2.45) is 0 Å². The van der Waals surface area contributed by atoms with Crippen molar-refractivity contribution in [2.75, 3.05) is 5.73 Å². The summed E-state index contributed by atoms with van der Waals surface area (Å²) in [5, 5.41) is 0.535. The number of nitrogen functional groups attached to an aromatic ring is 1. The van der Waals surface area contributed by atoms with E-state index in [1.165, 1.54) is 11.8 Å². The Morgan fingerprint density at radius 2 is 2.00 bits per heavy atom. The number of anilines is 1. The fourth-order valence-corrected chi connectivity index (χ4v) is 2.83. The van der Waals surface area contributed by atoms with Gasteiger partial charge in [0.05, 0.1) is 0 Å². The zero-order valence-electron chi connectivity index (χ0n) is 10.1. The van der Waals surface area contributed by atoms with E-state index >= 15 is 0 Å². The van der Waals surface area contributed by atoms with Crippen LogP contribution in [0, 0.1) is 0 Å². The summed E-state index contributed by atoms with van der Waals surface area (Å²) in [7, 11) is 0. The number of nitrogens with two attached hydrogens (primary N) is 1. The first-order valence-corrected chi connectivity index (χ1v) is 7.25. The van der Waals surface area contributed by atoms with Crippen LogP contribution in [0.25, 0.3) is 5.95 Å². The molecular weight excluding hydrogens is 340 g/mol. The second-order valence-corrected chi connectivity index (χ2v) is 5.64. The lowest BCUT2D eigenvalue weighted by Crippen LogP contribution is -2.05. The van der Waals surface area contributed by atoms with Crippen molar-refractivity contribution in [3.05, 3.63) is 47.5 Å². The summed E-state index contributed by atoms with van der Waals surface area (Å²) in [6.45, 7) is 0. The van der Waals surface area contributed by atoms with Crippen LogP contribution in [0.3, 0.4) is 0 Å². The van der Waals surface area contributed by atoms with Crippen LogP contribution in [0.1, 0.15) is 0 Å². The lowest BCUT2D eigenvalue weighted by molar-refractivity contribution is 0.832. The predicted molar refractivity (Wildman–Crippen MR) is 79.6 cm³/mol. The first-order valence-electron chi connectivity index (χ1n) is 5.64. The molecule has 100 valence electrons. The third-order valence-corrected chi connectivity index (χ3v) is 4.29. The van der Waals surface area contributed by atoms with Gasteiger partial charge in [-0.1, -0.05) is 12.1 Å². The summed E-state index contributed by atoms with van der Waals surface area (Å²) in [4.78, 5) is 17.6. The van der Waals surface area contributed by atoms with Crippen molar-refractivity contribution < 1.29 is 0 Å². The minimum absolute atomic E-state index is 0.179. The van der Waals surface area contributed by atoms with Gasteiger partial charge in [-0.2, -0.15) is 15.0 Å². The first kappa shape index (κ1) is 13.1. The van der Waals surface area contributed by atoms with Gasteiger partial charge in [0.15, 0.2) is 5.16 Å². The topological polar surface area (TPSA) is 82.5 Å². The van der Waals surface area contributed by atoms with Gasteiger partial charge in [-0.15, -0.1) is 0 Å². The average Bonchev–Trinajstić information content (AvgIpc) is 2.95. The molecular formula is C12H9BrN6S. The second kappa shape index (κ2) is 5.59. The highest BCUT2D eigenvalue weighted by atomic mass is 79.9. The lowest BCUT2D eigenvalue weighted by atomic mass is 10.4. The molecule has 1 aromatic carbocycles. The molecule has 2 heterocycles. The molecule has 3 rings (SSSR count). The van der Waals surface area contributed by atoms with Crippen molar-refractivity contribution in [1.29, 1.82) is 0 Å². The van der Waals surface area contributed by atoms with Gasteiger partial charge in [-0.05, 0) is 39.8 Å². The Labute approximate surface area is 127 Å². The number of imidazole rings is 1. The quantitative estimate of drug-likeness (QED) is 0.783. The number of aromatic nitrogens is 5. The maximum atomic E-state index is 5.74. The van der Waals surface area contributed by atoms with E-state index < -0.39 is 0 Å². The Hall–Kier alpha value is -1.93. The summed E-state index contributed by atoms with van der Waals surface area (Å²) in [5.74, 6) is 0.628. The van der Waals surface area contributed by atoms with Crippen LogP contribution in [-0.2, 0) is 0 Å². The van der Waals surface area contributed by atoms with Crippen LogP contribution in [-0.4, -0.2) is 24.5 Å². The zero-order chi connectivity index (χ0) is 13.9. The number of hydrogen-bond donors (Lipinski definition) is 1. The standard InChI is InChI=1S/C12H9BrN6S/c13-8-3-1-2-4-9(8)20-12-17-10(14)16-11(18-12)19-6-5-15-7-19/h1-7H,(H2,14,16,17,18). The molecule has 2 aromatic heterocycles. The predicted octanol–water partition coefficient (Wildman–Crippen LogP) is 2.55. The van der Waals surface area contributed by atoms with E-state index in [-0.39, 0.29) is 5.95 Å². The number of hydrogen-bond acceptors (Lipinski definition) is 6. The van der Waals surface area contributed by atoms with Gasteiger partial charge in [0.25, 0.3) is 0 Å². The molecule has 8 heteroatoms. The van der Waals surface area contributed by atoms with Crippen molar-refractivity contribution in [3.8, 4) is 5.95 Å². The Morgan fingerprint density at radius 3 is 2.75 bits per heavy atom. The van der Waals surface area contributed by atoms with Gasteiger partial charge in [0, 0.05) is 21.8 Å². The maximum Gasteiger partial charge on any atom is 0.240 e. The summed E-state index contributed by atoms with van der Waals surface area (Å²) in [6.07, 6.45) is 5.02. The van der Waals surface area contributed by atoms with Crippen LogP contribution in [0.2, 0.25) is 0 Å². The van der Waals surface area contributed by atoms with Gasteiger partial charge in [-0.25, -0.2) is 4.98 Å². The Morgan fingerprint density at radius 1 is 1.15 bits per heavy atom. The number of halogens is 1. The molecule has 0 aliphatic rings. The third-order valence-electron chi connectivity index (χ3n) is 2.39. The highest BCUT2D eigenvalue weighted by Crippen LogP contribution is 2.31. The molecule has 3 aromatic rings. The van der Waals surface area contributed by atoms with E-state index in [2.05, 4.69) is 35.9 Å². The van der Waals surface area contributed by atoms with Crippen molar-refractivity contribution in [2.45, 2.75) is 10.1 Å². The molecule has 0 bridgehead atoms. The van der Waals surface area contributed by atoms with Crippen LogP contribution in [0.15, 0.2) is 57.5 Å². The van der Waals surface area contributed by atoms with Gasteiger partial charge >= 0.3 is 0 Å². The molecule has 0 saturated carbocycles. The summed E-state index contributed by atoms with van der Waals surface area (Å²) in [6, 6.07) is 7.84. The van der Waals surface area contributed by atoms with Crippen molar-refractivity contribution in [1.82, 2.24) is 24.5 Å². The summed E-state index contributed by atoms with van der Waals surface area (Å²) >= 11 is 4.91. The number of nitrogens with zero attached hydrogens (tertiary/aromatic N) is 5. The number of rotatable bonds is 3. The van der Waals surface area contributed by atoms with Crippen molar-refractivity contribution >= 4 is 33.6 Å². The zero-order valence-corrected chi connectivity index (χ0v) is 12.5. The average molecular weight is 349 g/mol. The Kier molecular flexibility index (Phi) is 3.66. The third kappa shape index (κ3) is 2.81. The fraction of sp³-hybridized carbons (Fsp3) is 0. The largest absolute Gasteiger partial charge is 0.368 e. The van der Waals surface area contributed by atoms with Gasteiger partial charge < -0.3 is 5.73 Å². The van der Waals surface area contributed by atoms with E-state index in [1.807, 2.05) is 24.3 Å². The van der Waals surface area contributed by atoms with Gasteiger partial charge in [0.2, 0.25) is 11.9 Å². The van der Waals surface area contributed by atoms with E-state index in [0.717, 1.165) is 9.37 Å². The Bertz CT molecular complexity index is 731. The molecule has 0 fully saturated rings.